The van der Waals surface area contributed by atoms with Gasteiger partial charge >= 0.3 is 0 Å². The molecule has 5 N–H and O–H groups in total. The summed E-state index contributed by atoms with van der Waals surface area (Å²) in [5, 5.41) is 14.6. The number of aliphatic imine (C=N–C) groups is 1. The van der Waals surface area contributed by atoms with E-state index < -0.39 is 10.0 Å². The van der Waals surface area contributed by atoms with E-state index in [9.17, 15) is 13.2 Å². The number of carbonyl (C=O) groups excluding carboxylic acids is 1. The van der Waals surface area contributed by atoms with Gasteiger partial charge in [0.1, 0.15) is 0 Å². The Morgan fingerprint density at radius 3 is 2.17 bits per heavy atom. The lowest BCUT2D eigenvalue weighted by Crippen LogP contribution is -2.39. The predicted octanol–water partition coefficient (Wildman–Crippen LogP) is 2.94. The van der Waals surface area contributed by atoms with Gasteiger partial charge in [-0.3, -0.25) is 15.1 Å². The maximum atomic E-state index is 11.5. The first-order chi connectivity index (χ1) is 17.0. The Kier molecular flexibility index (Phi) is 8.80. The largest absolute Gasteiger partial charge is 0.332 e. The molecular formula is C24H27N7O3S2. The highest BCUT2D eigenvalue weighted by molar-refractivity contribution is 7.89. The van der Waals surface area contributed by atoms with Crippen molar-refractivity contribution in [2.45, 2.75) is 32.1 Å². The SMILES string of the molecule is CC(=O)c1ccc(NC(=S)NC(=NCCc2ccc(S(N)(=O)=O)cc2)Nc2nc(C)cc(C)n2)cc1. The molecule has 12 heteroatoms. The molecule has 0 unspecified atom stereocenters. The average Bonchev–Trinajstić information content (AvgIpc) is 2.78. The molecular weight excluding hydrogens is 498 g/mol. The van der Waals surface area contributed by atoms with Crippen molar-refractivity contribution in [1.29, 1.82) is 0 Å². The topological polar surface area (TPSA) is 151 Å². The van der Waals surface area contributed by atoms with E-state index in [1.165, 1.54) is 19.1 Å². The number of ketones is 1. The molecule has 0 atom stereocenters. The zero-order valence-corrected chi connectivity index (χ0v) is 21.7. The second-order valence-electron chi connectivity index (χ2n) is 7.98. The van der Waals surface area contributed by atoms with Crippen LogP contribution >= 0.6 is 12.2 Å². The molecule has 36 heavy (non-hydrogen) atoms. The molecule has 0 amide bonds. The summed E-state index contributed by atoms with van der Waals surface area (Å²) >= 11 is 5.44. The second kappa shape index (κ2) is 11.8. The number of rotatable bonds is 7. The Bertz CT molecular complexity index is 1370. The van der Waals surface area contributed by atoms with Gasteiger partial charge in [-0.05, 0) is 87.4 Å². The molecule has 0 aliphatic carbocycles. The fourth-order valence-corrected chi connectivity index (χ4v) is 3.93. The van der Waals surface area contributed by atoms with Gasteiger partial charge in [0.15, 0.2) is 10.9 Å². The molecule has 188 valence electrons. The van der Waals surface area contributed by atoms with Crippen LogP contribution in [0.3, 0.4) is 0 Å². The van der Waals surface area contributed by atoms with E-state index in [1.54, 1.807) is 36.4 Å². The number of nitrogens with zero attached hydrogens (tertiary/aromatic N) is 3. The first-order valence-corrected chi connectivity index (χ1v) is 12.9. The lowest BCUT2D eigenvalue weighted by molar-refractivity contribution is 0.101. The highest BCUT2D eigenvalue weighted by Gasteiger charge is 2.09. The molecule has 10 nitrogen and oxygen atoms in total. The molecule has 0 spiro atoms. The Hall–Kier alpha value is -3.74. The van der Waals surface area contributed by atoms with E-state index in [1.807, 2.05) is 19.9 Å². The summed E-state index contributed by atoms with van der Waals surface area (Å²) in [4.78, 5) is 24.9. The van der Waals surface area contributed by atoms with Gasteiger partial charge in [0.05, 0.1) is 4.90 Å². The molecule has 0 saturated heterocycles. The summed E-state index contributed by atoms with van der Waals surface area (Å²) in [5.41, 5.74) is 3.79. The number of nitrogens with one attached hydrogen (secondary N) is 3. The minimum absolute atomic E-state index is 0.0198. The molecule has 1 heterocycles. The quantitative estimate of drug-likeness (QED) is 0.158. The van der Waals surface area contributed by atoms with Gasteiger partial charge in [0, 0.05) is 29.2 Å². The molecule has 0 aliphatic heterocycles. The minimum Gasteiger partial charge on any atom is -0.332 e. The number of hydrogen-bond donors (Lipinski definition) is 4. The fraction of sp³-hybridized carbons (Fsp3) is 0.208. The van der Waals surface area contributed by atoms with Crippen molar-refractivity contribution in [3.8, 4) is 0 Å². The molecule has 3 aromatic rings. The van der Waals surface area contributed by atoms with Crippen LogP contribution in [0.5, 0.6) is 0 Å². The Balaban J connectivity index is 1.72. The normalized spacial score (nSPS) is 11.6. The number of nitrogens with two attached hydrogens (primary N) is 1. The fourth-order valence-electron chi connectivity index (χ4n) is 3.20. The molecule has 0 radical (unpaired) electrons. The number of hydrogen-bond acceptors (Lipinski definition) is 7. The summed E-state index contributed by atoms with van der Waals surface area (Å²) in [7, 11) is -3.74. The van der Waals surface area contributed by atoms with Crippen LogP contribution in [0.2, 0.25) is 0 Å². The first kappa shape index (κ1) is 26.9. The zero-order valence-electron chi connectivity index (χ0n) is 20.1. The van der Waals surface area contributed by atoms with E-state index in [2.05, 4.69) is 30.9 Å². The van der Waals surface area contributed by atoms with E-state index >= 15 is 0 Å². The highest BCUT2D eigenvalue weighted by Crippen LogP contribution is 2.11. The van der Waals surface area contributed by atoms with Crippen LogP contribution in [0.15, 0.2) is 64.5 Å². The minimum atomic E-state index is -3.74. The van der Waals surface area contributed by atoms with E-state index in [-0.39, 0.29) is 15.8 Å². The van der Waals surface area contributed by atoms with Gasteiger partial charge < -0.3 is 10.6 Å². The van der Waals surface area contributed by atoms with Crippen LogP contribution < -0.4 is 21.1 Å². The second-order valence-corrected chi connectivity index (χ2v) is 9.95. The third-order valence-corrected chi connectivity index (χ3v) is 6.05. The van der Waals surface area contributed by atoms with Gasteiger partial charge in [0.25, 0.3) is 0 Å². The van der Waals surface area contributed by atoms with Gasteiger partial charge in [-0.25, -0.2) is 23.5 Å². The van der Waals surface area contributed by atoms with E-state index in [4.69, 9.17) is 17.4 Å². The molecule has 0 aliphatic rings. The Morgan fingerprint density at radius 1 is 1.00 bits per heavy atom. The highest BCUT2D eigenvalue weighted by atomic mass is 32.2. The first-order valence-electron chi connectivity index (χ1n) is 10.9. The van der Waals surface area contributed by atoms with Gasteiger partial charge in [0.2, 0.25) is 21.9 Å². The molecule has 3 rings (SSSR count). The van der Waals surface area contributed by atoms with E-state index in [0.29, 0.717) is 36.1 Å². The number of benzene rings is 2. The van der Waals surface area contributed by atoms with Gasteiger partial charge in [-0.2, -0.15) is 0 Å². The number of aryl methyl sites for hydroxylation is 2. The Morgan fingerprint density at radius 2 is 1.61 bits per heavy atom. The smallest absolute Gasteiger partial charge is 0.238 e. The van der Waals surface area contributed by atoms with Crippen LogP contribution in [-0.4, -0.2) is 41.8 Å². The van der Waals surface area contributed by atoms with Crippen LogP contribution in [0.25, 0.3) is 0 Å². The van der Waals surface area contributed by atoms with Gasteiger partial charge in [-0.1, -0.05) is 12.1 Å². The van der Waals surface area contributed by atoms with E-state index in [0.717, 1.165) is 17.0 Å². The van der Waals surface area contributed by atoms with Crippen LogP contribution in [0.1, 0.15) is 34.2 Å². The number of anilines is 2. The number of sulfonamides is 1. The van der Waals surface area contributed by atoms with Crippen molar-refractivity contribution in [2.75, 3.05) is 17.2 Å². The van der Waals surface area contributed by atoms with Crippen molar-refractivity contribution < 1.29 is 13.2 Å². The maximum Gasteiger partial charge on any atom is 0.238 e. The molecule has 0 fully saturated rings. The summed E-state index contributed by atoms with van der Waals surface area (Å²) in [6.07, 6.45) is 0.540. The number of aromatic nitrogens is 2. The number of thiocarbonyl (C=S) groups is 1. The molecule has 0 bridgehead atoms. The molecule has 1 aromatic heterocycles. The van der Waals surface area contributed by atoms with Gasteiger partial charge in [-0.15, -0.1) is 0 Å². The van der Waals surface area contributed by atoms with Crippen molar-refractivity contribution >= 4 is 50.7 Å². The lowest BCUT2D eigenvalue weighted by atomic mass is 10.1. The summed E-state index contributed by atoms with van der Waals surface area (Å²) < 4.78 is 22.9. The van der Waals surface area contributed by atoms with Crippen molar-refractivity contribution in [3.63, 3.8) is 0 Å². The average molecular weight is 526 g/mol. The number of guanidine groups is 1. The predicted molar refractivity (Wildman–Crippen MR) is 145 cm³/mol. The zero-order chi connectivity index (χ0) is 26.3. The number of carbonyl (C=O) groups is 1. The van der Waals surface area contributed by atoms with Crippen LogP contribution in [0, 0.1) is 13.8 Å². The number of Topliss-reactive ketones (excluding diaryl/α,β-unsaturated/α-hetero) is 1. The standard InChI is InChI=1S/C24H27N7O3S2/c1-15-14-16(2)28-23(27-15)30-22(26-13-12-18-4-10-21(11-5-18)36(25,33)34)31-24(35)29-20-8-6-19(7-9-20)17(3)32/h4-11,14H,12-13H2,1-3H3,(H2,25,33,34)(H3,26,27,28,29,30,31,35). The van der Waals surface area contributed by atoms with Crippen LogP contribution in [0.4, 0.5) is 11.6 Å². The van der Waals surface area contributed by atoms with Crippen molar-refractivity contribution in [3.05, 3.63) is 77.1 Å². The lowest BCUT2D eigenvalue weighted by Gasteiger charge is -2.14. The monoisotopic (exact) mass is 525 g/mol. The molecule has 2 aromatic carbocycles. The third kappa shape index (κ3) is 8.18. The van der Waals surface area contributed by atoms with Crippen LogP contribution in [-0.2, 0) is 16.4 Å². The summed E-state index contributed by atoms with van der Waals surface area (Å²) in [6.45, 7) is 5.61. The summed E-state index contributed by atoms with van der Waals surface area (Å²) in [6, 6.07) is 15.1. The van der Waals surface area contributed by atoms with Crippen molar-refractivity contribution in [1.82, 2.24) is 15.3 Å². The Labute approximate surface area is 215 Å². The molecule has 0 saturated carbocycles. The maximum absolute atomic E-state index is 11.5. The number of primary sulfonamides is 1. The van der Waals surface area contributed by atoms with Crippen molar-refractivity contribution in [2.24, 2.45) is 10.1 Å². The third-order valence-electron chi connectivity index (χ3n) is 4.92. The summed E-state index contributed by atoms with van der Waals surface area (Å²) in [5.74, 6) is 0.678.